The van der Waals surface area contributed by atoms with Crippen molar-refractivity contribution in [3.05, 3.63) is 23.8 Å². The third-order valence-electron chi connectivity index (χ3n) is 4.64. The molecule has 0 unspecified atom stereocenters. The summed E-state index contributed by atoms with van der Waals surface area (Å²) in [5.41, 5.74) is 5.88. The predicted octanol–water partition coefficient (Wildman–Crippen LogP) is 1.23. The molecular formula is C15H19NO5S2. The Morgan fingerprint density at radius 3 is 2.74 bits per heavy atom. The lowest BCUT2D eigenvalue weighted by Crippen LogP contribution is -2.33. The smallest absolute Gasteiger partial charge is 0.231 e. The summed E-state index contributed by atoms with van der Waals surface area (Å²) in [6.07, 6.45) is 0. The van der Waals surface area contributed by atoms with E-state index in [9.17, 15) is 8.42 Å². The fraction of sp³-hybridized carbons (Fsp3) is 0.533. The third kappa shape index (κ3) is 2.40. The van der Waals surface area contributed by atoms with Gasteiger partial charge in [-0.3, -0.25) is 0 Å². The second-order valence-electron chi connectivity index (χ2n) is 5.80. The zero-order valence-electron chi connectivity index (χ0n) is 12.9. The van der Waals surface area contributed by atoms with E-state index in [1.807, 2.05) is 6.07 Å². The summed E-state index contributed by atoms with van der Waals surface area (Å²) < 4.78 is 41.0. The Kier molecular flexibility index (Phi) is 4.02. The number of sulfone groups is 1. The molecule has 1 aliphatic heterocycles. The molecule has 3 rings (SSSR count). The van der Waals surface area contributed by atoms with Gasteiger partial charge in [0.25, 0.3) is 0 Å². The molecule has 6 nitrogen and oxygen atoms in total. The summed E-state index contributed by atoms with van der Waals surface area (Å²) >= 11 is 5.21. The molecule has 0 saturated heterocycles. The molecule has 1 fully saturated rings. The lowest BCUT2D eigenvalue weighted by atomic mass is 9.99. The van der Waals surface area contributed by atoms with Crippen LogP contribution in [0.4, 0.5) is 0 Å². The van der Waals surface area contributed by atoms with Crippen LogP contribution in [-0.4, -0.2) is 44.9 Å². The van der Waals surface area contributed by atoms with Gasteiger partial charge in [-0.05, 0) is 17.7 Å². The number of hydrogen-bond donors (Lipinski definition) is 1. The van der Waals surface area contributed by atoms with Gasteiger partial charge in [-0.2, -0.15) is 0 Å². The maximum atomic E-state index is 12.5. The summed E-state index contributed by atoms with van der Waals surface area (Å²) in [5.74, 6) is 0.958. The molecule has 2 N–H and O–H groups in total. The van der Waals surface area contributed by atoms with Gasteiger partial charge in [0.05, 0.1) is 22.3 Å². The topological polar surface area (TPSA) is 87.9 Å². The van der Waals surface area contributed by atoms with E-state index in [1.165, 1.54) is 7.11 Å². The monoisotopic (exact) mass is 357 g/mol. The van der Waals surface area contributed by atoms with Gasteiger partial charge < -0.3 is 19.9 Å². The van der Waals surface area contributed by atoms with Crippen molar-refractivity contribution in [1.82, 2.24) is 0 Å². The van der Waals surface area contributed by atoms with E-state index in [4.69, 9.17) is 32.2 Å². The number of thiocarbonyl (C=S) groups is 1. The minimum Gasteiger partial charge on any atom is -0.454 e. The fourth-order valence-electron chi connectivity index (χ4n) is 3.47. The summed E-state index contributed by atoms with van der Waals surface area (Å²) in [5, 5.41) is -0.669. The fourth-order valence-corrected chi connectivity index (χ4v) is 5.93. The molecule has 0 bridgehead atoms. The van der Waals surface area contributed by atoms with Gasteiger partial charge in [-0.25, -0.2) is 8.42 Å². The molecule has 23 heavy (non-hydrogen) atoms. The maximum Gasteiger partial charge on any atom is 0.231 e. The Hall–Kier alpha value is -1.38. The number of methoxy groups -OCH3 is 1. The van der Waals surface area contributed by atoms with Crippen LogP contribution < -0.4 is 15.2 Å². The third-order valence-corrected chi connectivity index (χ3v) is 7.29. The van der Waals surface area contributed by atoms with Crippen LogP contribution in [-0.2, 0) is 14.6 Å². The molecule has 1 aromatic carbocycles. The summed E-state index contributed by atoms with van der Waals surface area (Å²) in [4.78, 5) is 0.170. The van der Waals surface area contributed by atoms with Crippen LogP contribution in [0.3, 0.4) is 0 Å². The Balaban J connectivity index is 2.06. The molecule has 1 heterocycles. The van der Waals surface area contributed by atoms with Gasteiger partial charge in [0.15, 0.2) is 21.3 Å². The van der Waals surface area contributed by atoms with E-state index in [2.05, 4.69) is 0 Å². The van der Waals surface area contributed by atoms with Crippen molar-refractivity contribution >= 4 is 27.0 Å². The Morgan fingerprint density at radius 2 is 2.13 bits per heavy atom. The highest BCUT2D eigenvalue weighted by molar-refractivity contribution is 7.92. The number of benzene rings is 1. The van der Waals surface area contributed by atoms with Crippen molar-refractivity contribution in [2.45, 2.75) is 18.1 Å². The van der Waals surface area contributed by atoms with Crippen molar-refractivity contribution in [2.24, 2.45) is 11.1 Å². The van der Waals surface area contributed by atoms with Gasteiger partial charge in [0.2, 0.25) is 6.79 Å². The molecule has 1 aromatic rings. The highest BCUT2D eigenvalue weighted by Crippen LogP contribution is 2.64. The molecule has 0 radical (unpaired) electrons. The number of hydrogen-bond acceptors (Lipinski definition) is 6. The van der Waals surface area contributed by atoms with Crippen LogP contribution in [0, 0.1) is 5.41 Å². The number of ether oxygens (including phenoxy) is 3. The SMILES string of the molecule is CCS(=O)(=O)[C@@H]1[C@@H](c2ccc3c(c2)OCO3)[C@]1(COC)C(N)=S. The second-order valence-corrected chi connectivity index (χ2v) is 8.65. The van der Waals surface area contributed by atoms with E-state index in [0.29, 0.717) is 11.5 Å². The molecule has 8 heteroatoms. The average Bonchev–Trinajstić information content (AvgIpc) is 2.99. The van der Waals surface area contributed by atoms with Gasteiger partial charge in [0, 0.05) is 18.8 Å². The van der Waals surface area contributed by atoms with Crippen molar-refractivity contribution in [3.63, 3.8) is 0 Å². The van der Waals surface area contributed by atoms with Crippen molar-refractivity contribution < 1.29 is 22.6 Å². The molecule has 1 aliphatic carbocycles. The highest BCUT2D eigenvalue weighted by Gasteiger charge is 2.72. The molecule has 126 valence electrons. The van der Waals surface area contributed by atoms with Crippen molar-refractivity contribution in [3.8, 4) is 11.5 Å². The van der Waals surface area contributed by atoms with E-state index < -0.39 is 20.5 Å². The Labute approximate surface area is 140 Å². The number of nitrogens with two attached hydrogens (primary N) is 1. The first-order valence-corrected chi connectivity index (χ1v) is 9.40. The van der Waals surface area contributed by atoms with Crippen LogP contribution in [0.2, 0.25) is 0 Å². The van der Waals surface area contributed by atoms with Crippen molar-refractivity contribution in [1.29, 1.82) is 0 Å². The lowest BCUT2D eigenvalue weighted by molar-refractivity contribution is 0.166. The predicted molar refractivity (Wildman–Crippen MR) is 89.6 cm³/mol. The van der Waals surface area contributed by atoms with E-state index in [-0.39, 0.29) is 30.1 Å². The molecule has 1 saturated carbocycles. The van der Waals surface area contributed by atoms with E-state index >= 15 is 0 Å². The summed E-state index contributed by atoms with van der Waals surface area (Å²) in [6.45, 7) is 1.96. The molecular weight excluding hydrogens is 338 g/mol. The first-order valence-electron chi connectivity index (χ1n) is 7.28. The minimum atomic E-state index is -3.33. The average molecular weight is 357 g/mol. The van der Waals surface area contributed by atoms with Gasteiger partial charge in [0.1, 0.15) is 0 Å². The van der Waals surface area contributed by atoms with Crippen molar-refractivity contribution in [2.75, 3.05) is 26.3 Å². The van der Waals surface area contributed by atoms with Crippen LogP contribution in [0.15, 0.2) is 18.2 Å². The Morgan fingerprint density at radius 1 is 1.43 bits per heavy atom. The van der Waals surface area contributed by atoms with Crippen LogP contribution >= 0.6 is 12.2 Å². The molecule has 3 atom stereocenters. The minimum absolute atomic E-state index is 0.0345. The quantitative estimate of drug-likeness (QED) is 0.766. The second kappa shape index (κ2) is 5.61. The largest absolute Gasteiger partial charge is 0.454 e. The molecule has 0 spiro atoms. The number of rotatable bonds is 6. The van der Waals surface area contributed by atoms with Crippen LogP contribution in [0.25, 0.3) is 0 Å². The maximum absolute atomic E-state index is 12.5. The van der Waals surface area contributed by atoms with Crippen LogP contribution in [0.5, 0.6) is 11.5 Å². The van der Waals surface area contributed by atoms with E-state index in [1.54, 1.807) is 19.1 Å². The van der Waals surface area contributed by atoms with E-state index in [0.717, 1.165) is 5.56 Å². The summed E-state index contributed by atoms with van der Waals surface area (Å²) in [6, 6.07) is 5.43. The normalized spacial score (nSPS) is 28.6. The van der Waals surface area contributed by atoms with Crippen LogP contribution in [0.1, 0.15) is 18.4 Å². The zero-order chi connectivity index (χ0) is 16.8. The Bertz CT molecular complexity index is 748. The zero-order valence-corrected chi connectivity index (χ0v) is 14.6. The molecule has 0 aromatic heterocycles. The standard InChI is InChI=1S/C15H19NO5S2/c1-3-23(17,18)13-12(15(13,7-19-2)14(16)22)9-4-5-10-11(6-9)21-8-20-10/h4-6,12-13H,3,7-8H2,1-2H3,(H2,16,22)/t12-,13-,15+/m1/s1. The summed E-state index contributed by atoms with van der Waals surface area (Å²) in [7, 11) is -1.81. The molecule has 2 aliphatic rings. The first-order chi connectivity index (χ1) is 10.9. The highest BCUT2D eigenvalue weighted by atomic mass is 32.2. The van der Waals surface area contributed by atoms with Gasteiger partial charge in [-0.15, -0.1) is 0 Å². The molecule has 0 amide bonds. The lowest BCUT2D eigenvalue weighted by Gasteiger charge is -2.15. The number of fused-ring (bicyclic) bond motifs is 1. The van der Waals surface area contributed by atoms with Gasteiger partial charge in [-0.1, -0.05) is 25.2 Å². The first kappa shape index (κ1) is 16.5. The van der Waals surface area contributed by atoms with Gasteiger partial charge >= 0.3 is 0 Å².